The highest BCUT2D eigenvalue weighted by Crippen LogP contribution is 2.18. The van der Waals surface area contributed by atoms with Crippen molar-refractivity contribution in [1.82, 2.24) is 9.55 Å². The molecule has 96 valence electrons. The second-order valence-electron chi connectivity index (χ2n) is 3.99. The van der Waals surface area contributed by atoms with Crippen molar-refractivity contribution < 1.29 is 9.47 Å². The molecule has 0 saturated carbocycles. The van der Waals surface area contributed by atoms with Crippen LogP contribution < -0.4 is 5.73 Å². The zero-order valence-electron chi connectivity index (χ0n) is 10.5. The SMILES string of the molecule is COC(OC)c1cncn1Cc1ccc(N)cc1. The van der Waals surface area contributed by atoms with Crippen molar-refractivity contribution in [3.63, 3.8) is 0 Å². The Labute approximate surface area is 106 Å². The van der Waals surface area contributed by atoms with Crippen molar-refractivity contribution in [3.8, 4) is 0 Å². The summed E-state index contributed by atoms with van der Waals surface area (Å²) in [6.07, 6.45) is 3.10. The number of imidazole rings is 1. The van der Waals surface area contributed by atoms with Crippen LogP contribution in [0.2, 0.25) is 0 Å². The molecule has 1 heterocycles. The van der Waals surface area contributed by atoms with Gasteiger partial charge < -0.3 is 19.8 Å². The van der Waals surface area contributed by atoms with Crippen LogP contribution in [0.4, 0.5) is 5.69 Å². The molecule has 0 unspecified atom stereocenters. The highest BCUT2D eigenvalue weighted by Gasteiger charge is 2.14. The molecule has 0 aliphatic rings. The summed E-state index contributed by atoms with van der Waals surface area (Å²) < 4.78 is 12.5. The van der Waals surface area contributed by atoms with E-state index in [0.717, 1.165) is 16.9 Å². The number of aromatic nitrogens is 2. The lowest BCUT2D eigenvalue weighted by molar-refractivity contribution is -0.110. The third-order valence-electron chi connectivity index (χ3n) is 2.75. The molecule has 0 aliphatic carbocycles. The van der Waals surface area contributed by atoms with Crippen molar-refractivity contribution in [1.29, 1.82) is 0 Å². The molecule has 0 fully saturated rings. The molecule has 1 aromatic carbocycles. The molecule has 2 aromatic rings. The quantitative estimate of drug-likeness (QED) is 0.646. The van der Waals surface area contributed by atoms with E-state index in [9.17, 15) is 0 Å². The predicted molar refractivity (Wildman–Crippen MR) is 68.9 cm³/mol. The van der Waals surface area contributed by atoms with Gasteiger partial charge in [-0.05, 0) is 17.7 Å². The lowest BCUT2D eigenvalue weighted by Gasteiger charge is -2.15. The second-order valence-corrected chi connectivity index (χ2v) is 3.99. The van der Waals surface area contributed by atoms with E-state index in [2.05, 4.69) is 4.98 Å². The van der Waals surface area contributed by atoms with Crippen LogP contribution in [0.5, 0.6) is 0 Å². The van der Waals surface area contributed by atoms with Gasteiger partial charge in [-0.3, -0.25) is 0 Å². The van der Waals surface area contributed by atoms with Gasteiger partial charge in [0.2, 0.25) is 0 Å². The van der Waals surface area contributed by atoms with Gasteiger partial charge in [-0.15, -0.1) is 0 Å². The smallest absolute Gasteiger partial charge is 0.200 e. The highest BCUT2D eigenvalue weighted by molar-refractivity contribution is 5.39. The summed E-state index contributed by atoms with van der Waals surface area (Å²) in [5, 5.41) is 0. The van der Waals surface area contributed by atoms with E-state index in [1.54, 1.807) is 26.7 Å². The molecule has 0 saturated heterocycles. The Morgan fingerprint density at radius 1 is 1.22 bits per heavy atom. The monoisotopic (exact) mass is 247 g/mol. The number of methoxy groups -OCH3 is 2. The van der Waals surface area contributed by atoms with Crippen LogP contribution in [0.3, 0.4) is 0 Å². The summed E-state index contributed by atoms with van der Waals surface area (Å²) in [5.41, 5.74) is 8.46. The van der Waals surface area contributed by atoms with Crippen LogP contribution in [-0.2, 0) is 16.0 Å². The first-order valence-corrected chi connectivity index (χ1v) is 5.64. The lowest BCUT2D eigenvalue weighted by Crippen LogP contribution is -2.11. The minimum atomic E-state index is -0.402. The fraction of sp³-hybridized carbons (Fsp3) is 0.308. The first kappa shape index (κ1) is 12.6. The zero-order valence-corrected chi connectivity index (χ0v) is 10.5. The van der Waals surface area contributed by atoms with Gasteiger partial charge in [-0.1, -0.05) is 12.1 Å². The van der Waals surface area contributed by atoms with E-state index in [-0.39, 0.29) is 0 Å². The summed E-state index contributed by atoms with van der Waals surface area (Å²) in [5.74, 6) is 0. The molecule has 2 rings (SSSR count). The number of nitrogens with two attached hydrogens (primary N) is 1. The van der Waals surface area contributed by atoms with Gasteiger partial charge in [0.1, 0.15) is 0 Å². The number of anilines is 1. The molecule has 0 spiro atoms. The molecule has 18 heavy (non-hydrogen) atoms. The Bertz CT molecular complexity index is 489. The maximum Gasteiger partial charge on any atom is 0.200 e. The lowest BCUT2D eigenvalue weighted by atomic mass is 10.2. The van der Waals surface area contributed by atoms with Gasteiger partial charge in [0.25, 0.3) is 0 Å². The highest BCUT2D eigenvalue weighted by atomic mass is 16.7. The predicted octanol–water partition coefficient (Wildman–Crippen LogP) is 1.80. The van der Waals surface area contributed by atoms with Crippen molar-refractivity contribution in [2.45, 2.75) is 12.8 Å². The van der Waals surface area contributed by atoms with Crippen LogP contribution in [0.25, 0.3) is 0 Å². The Morgan fingerprint density at radius 2 is 1.89 bits per heavy atom. The van der Waals surface area contributed by atoms with Crippen LogP contribution >= 0.6 is 0 Å². The molecule has 0 atom stereocenters. The van der Waals surface area contributed by atoms with Gasteiger partial charge in [0.05, 0.1) is 18.2 Å². The molecule has 0 amide bonds. The third-order valence-corrected chi connectivity index (χ3v) is 2.75. The van der Waals surface area contributed by atoms with Crippen molar-refractivity contribution in [3.05, 3.63) is 48.0 Å². The van der Waals surface area contributed by atoms with Gasteiger partial charge in [0, 0.05) is 26.5 Å². The number of benzene rings is 1. The van der Waals surface area contributed by atoms with E-state index in [1.807, 2.05) is 28.8 Å². The van der Waals surface area contributed by atoms with Crippen LogP contribution in [-0.4, -0.2) is 23.8 Å². The molecule has 0 bridgehead atoms. The second kappa shape index (κ2) is 5.66. The maximum absolute atomic E-state index is 5.66. The van der Waals surface area contributed by atoms with E-state index >= 15 is 0 Å². The van der Waals surface area contributed by atoms with Crippen LogP contribution in [0.15, 0.2) is 36.8 Å². The summed E-state index contributed by atoms with van der Waals surface area (Å²) in [7, 11) is 3.21. The van der Waals surface area contributed by atoms with Gasteiger partial charge >= 0.3 is 0 Å². The number of hydrogen-bond donors (Lipinski definition) is 1. The molecule has 0 radical (unpaired) electrons. The van der Waals surface area contributed by atoms with E-state index < -0.39 is 6.29 Å². The normalized spacial score (nSPS) is 11.1. The summed E-state index contributed by atoms with van der Waals surface area (Å²) in [4.78, 5) is 4.13. The molecular weight excluding hydrogens is 230 g/mol. The fourth-order valence-corrected chi connectivity index (χ4v) is 1.82. The summed E-state index contributed by atoms with van der Waals surface area (Å²) in [6, 6.07) is 7.76. The molecule has 5 heteroatoms. The zero-order chi connectivity index (χ0) is 13.0. The maximum atomic E-state index is 5.66. The minimum absolute atomic E-state index is 0.402. The average Bonchev–Trinajstić information content (AvgIpc) is 2.82. The van der Waals surface area contributed by atoms with Crippen LogP contribution in [0, 0.1) is 0 Å². The fourth-order valence-electron chi connectivity index (χ4n) is 1.82. The van der Waals surface area contributed by atoms with Crippen molar-refractivity contribution in [2.24, 2.45) is 0 Å². The number of rotatable bonds is 5. The van der Waals surface area contributed by atoms with Gasteiger partial charge in [-0.2, -0.15) is 0 Å². The van der Waals surface area contributed by atoms with Crippen molar-refractivity contribution in [2.75, 3.05) is 20.0 Å². The Kier molecular flexibility index (Phi) is 3.96. The van der Waals surface area contributed by atoms with Crippen molar-refractivity contribution >= 4 is 5.69 Å². The van der Waals surface area contributed by atoms with E-state index in [4.69, 9.17) is 15.2 Å². The van der Waals surface area contributed by atoms with Gasteiger partial charge in [0.15, 0.2) is 6.29 Å². The molecule has 2 N–H and O–H groups in total. The molecule has 5 nitrogen and oxygen atoms in total. The van der Waals surface area contributed by atoms with E-state index in [0.29, 0.717) is 6.54 Å². The molecular formula is C13H17N3O2. The number of nitrogens with zero attached hydrogens (tertiary/aromatic N) is 2. The number of ether oxygens (including phenoxy) is 2. The summed E-state index contributed by atoms with van der Waals surface area (Å²) >= 11 is 0. The largest absolute Gasteiger partial charge is 0.399 e. The topological polar surface area (TPSA) is 62.3 Å². The standard InChI is InChI=1S/C13H17N3O2/c1-17-13(18-2)12-7-15-9-16(12)8-10-3-5-11(14)6-4-10/h3-7,9,13H,8,14H2,1-2H3. The Morgan fingerprint density at radius 3 is 2.50 bits per heavy atom. The Balaban J connectivity index is 2.19. The van der Waals surface area contributed by atoms with Crippen LogP contribution in [0.1, 0.15) is 17.5 Å². The first-order chi connectivity index (χ1) is 8.74. The van der Waals surface area contributed by atoms with Gasteiger partial charge in [-0.25, -0.2) is 4.98 Å². The molecule has 1 aromatic heterocycles. The number of nitrogen functional groups attached to an aromatic ring is 1. The number of hydrogen-bond acceptors (Lipinski definition) is 4. The Hall–Kier alpha value is -1.85. The molecule has 0 aliphatic heterocycles. The van der Waals surface area contributed by atoms with E-state index in [1.165, 1.54) is 0 Å². The third kappa shape index (κ3) is 2.69. The average molecular weight is 247 g/mol. The summed E-state index contributed by atoms with van der Waals surface area (Å²) in [6.45, 7) is 0.707. The first-order valence-electron chi connectivity index (χ1n) is 5.64. The minimum Gasteiger partial charge on any atom is -0.399 e.